The van der Waals surface area contributed by atoms with Gasteiger partial charge in [-0.3, -0.25) is 4.79 Å². The van der Waals surface area contributed by atoms with Gasteiger partial charge in [0, 0.05) is 17.3 Å². The SMILES string of the molecule is C[C@@H](OC(=O)/C=C/c1ccco1)C(=O)Nc1ccccc1-c1ccccc1. The molecule has 0 aliphatic carbocycles. The zero-order valence-electron chi connectivity index (χ0n) is 14.8. The fourth-order valence-electron chi connectivity index (χ4n) is 2.50. The summed E-state index contributed by atoms with van der Waals surface area (Å²) in [5.41, 5.74) is 2.53. The highest BCUT2D eigenvalue weighted by atomic mass is 16.5. The predicted molar refractivity (Wildman–Crippen MR) is 104 cm³/mol. The molecule has 1 atom stereocenters. The first-order valence-electron chi connectivity index (χ1n) is 8.51. The Kier molecular flexibility index (Phi) is 5.84. The minimum Gasteiger partial charge on any atom is -0.465 e. The van der Waals surface area contributed by atoms with Gasteiger partial charge < -0.3 is 14.5 Å². The smallest absolute Gasteiger partial charge is 0.331 e. The second kappa shape index (κ2) is 8.67. The van der Waals surface area contributed by atoms with Gasteiger partial charge in [0.25, 0.3) is 5.91 Å². The highest BCUT2D eigenvalue weighted by Crippen LogP contribution is 2.27. The van der Waals surface area contributed by atoms with Crippen LogP contribution in [0.1, 0.15) is 12.7 Å². The van der Waals surface area contributed by atoms with E-state index >= 15 is 0 Å². The molecule has 136 valence electrons. The molecule has 27 heavy (non-hydrogen) atoms. The Bertz CT molecular complexity index is 930. The molecule has 5 heteroatoms. The van der Waals surface area contributed by atoms with E-state index in [9.17, 15) is 9.59 Å². The Morgan fingerprint density at radius 3 is 2.48 bits per heavy atom. The Balaban J connectivity index is 1.64. The minimum absolute atomic E-state index is 0.405. The number of hydrogen-bond acceptors (Lipinski definition) is 4. The van der Waals surface area contributed by atoms with Crippen molar-refractivity contribution >= 4 is 23.6 Å². The Labute approximate surface area is 157 Å². The maximum absolute atomic E-state index is 12.4. The number of anilines is 1. The lowest BCUT2D eigenvalue weighted by atomic mass is 10.0. The molecule has 3 aromatic rings. The summed E-state index contributed by atoms with van der Waals surface area (Å²) < 4.78 is 10.2. The Hall–Kier alpha value is -3.60. The molecule has 0 unspecified atom stereocenters. The highest BCUT2D eigenvalue weighted by molar-refractivity contribution is 5.99. The van der Waals surface area contributed by atoms with Crippen molar-refractivity contribution in [2.45, 2.75) is 13.0 Å². The largest absolute Gasteiger partial charge is 0.465 e. The van der Waals surface area contributed by atoms with Crippen LogP contribution in [0.15, 0.2) is 83.5 Å². The number of rotatable bonds is 6. The van der Waals surface area contributed by atoms with Crippen LogP contribution in [-0.2, 0) is 14.3 Å². The molecule has 0 saturated carbocycles. The zero-order valence-corrected chi connectivity index (χ0v) is 14.8. The van der Waals surface area contributed by atoms with Crippen LogP contribution in [-0.4, -0.2) is 18.0 Å². The average Bonchev–Trinajstić information content (AvgIpc) is 3.21. The number of benzene rings is 2. The lowest BCUT2D eigenvalue weighted by molar-refractivity contribution is -0.148. The number of carbonyl (C=O) groups excluding carboxylic acids is 2. The van der Waals surface area contributed by atoms with Crippen molar-refractivity contribution in [1.29, 1.82) is 0 Å². The Morgan fingerprint density at radius 2 is 1.74 bits per heavy atom. The lowest BCUT2D eigenvalue weighted by Gasteiger charge is -2.15. The van der Waals surface area contributed by atoms with Crippen LogP contribution in [0.25, 0.3) is 17.2 Å². The molecule has 0 radical (unpaired) electrons. The maximum atomic E-state index is 12.4. The molecule has 1 heterocycles. The van der Waals surface area contributed by atoms with Crippen molar-refractivity contribution in [3.8, 4) is 11.1 Å². The highest BCUT2D eigenvalue weighted by Gasteiger charge is 2.18. The van der Waals surface area contributed by atoms with Crippen LogP contribution in [0, 0.1) is 0 Å². The molecule has 3 rings (SSSR count). The van der Waals surface area contributed by atoms with Gasteiger partial charge in [-0.05, 0) is 36.8 Å². The van der Waals surface area contributed by atoms with Crippen molar-refractivity contribution < 1.29 is 18.7 Å². The number of nitrogens with one attached hydrogen (secondary N) is 1. The molecule has 1 N–H and O–H groups in total. The standard InChI is InChI=1S/C22H19NO4/c1-16(27-21(24)14-13-18-10-7-15-26-18)22(25)23-20-12-6-5-11-19(20)17-8-3-2-4-9-17/h2-16H,1H3,(H,23,25)/b14-13+/t16-/m1/s1. The third kappa shape index (κ3) is 4.95. The number of ether oxygens (including phenoxy) is 1. The van der Waals surface area contributed by atoms with Crippen LogP contribution in [0.5, 0.6) is 0 Å². The van der Waals surface area contributed by atoms with Crippen LogP contribution in [0.3, 0.4) is 0 Å². The molecule has 1 aromatic heterocycles. The maximum Gasteiger partial charge on any atom is 0.331 e. The number of amides is 1. The van der Waals surface area contributed by atoms with E-state index in [1.165, 1.54) is 25.3 Å². The summed E-state index contributed by atoms with van der Waals surface area (Å²) in [6.07, 6.45) is 3.27. The summed E-state index contributed by atoms with van der Waals surface area (Å²) in [6.45, 7) is 1.53. The van der Waals surface area contributed by atoms with Crippen molar-refractivity contribution in [3.63, 3.8) is 0 Å². The van der Waals surface area contributed by atoms with Gasteiger partial charge in [0.2, 0.25) is 0 Å². The molecule has 5 nitrogen and oxygen atoms in total. The van der Waals surface area contributed by atoms with Gasteiger partial charge in [0.05, 0.1) is 6.26 Å². The van der Waals surface area contributed by atoms with Gasteiger partial charge >= 0.3 is 5.97 Å². The molecule has 0 fully saturated rings. The first-order chi connectivity index (χ1) is 13.1. The number of esters is 1. The summed E-state index contributed by atoms with van der Waals surface area (Å²) in [7, 11) is 0. The van der Waals surface area contributed by atoms with E-state index < -0.39 is 18.0 Å². The van der Waals surface area contributed by atoms with Gasteiger partial charge in [-0.15, -0.1) is 0 Å². The summed E-state index contributed by atoms with van der Waals surface area (Å²) in [6, 6.07) is 20.6. The number of furan rings is 1. The van der Waals surface area contributed by atoms with E-state index in [4.69, 9.17) is 9.15 Å². The van der Waals surface area contributed by atoms with E-state index in [1.54, 1.807) is 12.1 Å². The van der Waals surface area contributed by atoms with E-state index in [1.807, 2.05) is 54.6 Å². The summed E-state index contributed by atoms with van der Waals surface area (Å²) in [4.78, 5) is 24.3. The normalized spacial score (nSPS) is 11.9. The number of carbonyl (C=O) groups is 2. The predicted octanol–water partition coefficient (Wildman–Crippen LogP) is 4.53. The first-order valence-corrected chi connectivity index (χ1v) is 8.51. The molecule has 2 aromatic carbocycles. The molecule has 0 aliphatic rings. The monoisotopic (exact) mass is 361 g/mol. The topological polar surface area (TPSA) is 68.5 Å². The lowest BCUT2D eigenvalue weighted by Crippen LogP contribution is -2.29. The van der Waals surface area contributed by atoms with Gasteiger partial charge in [-0.2, -0.15) is 0 Å². The average molecular weight is 361 g/mol. The molecular weight excluding hydrogens is 342 g/mol. The summed E-state index contributed by atoms with van der Waals surface area (Å²) in [5.74, 6) is -0.496. The molecule has 0 saturated heterocycles. The van der Waals surface area contributed by atoms with Crippen LogP contribution < -0.4 is 5.32 Å². The van der Waals surface area contributed by atoms with E-state index in [-0.39, 0.29) is 0 Å². The van der Waals surface area contributed by atoms with Crippen molar-refractivity contribution in [2.75, 3.05) is 5.32 Å². The van der Waals surface area contributed by atoms with E-state index in [0.29, 0.717) is 11.4 Å². The van der Waals surface area contributed by atoms with Gasteiger partial charge in [0.15, 0.2) is 6.10 Å². The molecule has 0 aliphatic heterocycles. The fraction of sp³-hybridized carbons (Fsp3) is 0.0909. The summed E-state index contributed by atoms with van der Waals surface area (Å²) >= 11 is 0. The van der Waals surface area contributed by atoms with Gasteiger partial charge in [-0.1, -0.05) is 48.5 Å². The van der Waals surface area contributed by atoms with Crippen molar-refractivity contribution in [3.05, 3.63) is 84.8 Å². The Morgan fingerprint density at radius 1 is 1.00 bits per heavy atom. The van der Waals surface area contributed by atoms with E-state index in [0.717, 1.165) is 11.1 Å². The van der Waals surface area contributed by atoms with Crippen LogP contribution >= 0.6 is 0 Å². The number of para-hydroxylation sites is 1. The second-order valence-electron chi connectivity index (χ2n) is 5.83. The molecular formula is C22H19NO4. The van der Waals surface area contributed by atoms with Crippen LogP contribution in [0.4, 0.5) is 5.69 Å². The zero-order chi connectivity index (χ0) is 19.1. The molecule has 1 amide bonds. The van der Waals surface area contributed by atoms with Gasteiger partial charge in [0.1, 0.15) is 5.76 Å². The quantitative estimate of drug-likeness (QED) is 0.517. The van der Waals surface area contributed by atoms with Crippen molar-refractivity contribution in [2.24, 2.45) is 0 Å². The summed E-state index contributed by atoms with van der Waals surface area (Å²) in [5, 5.41) is 2.83. The van der Waals surface area contributed by atoms with Crippen LogP contribution in [0.2, 0.25) is 0 Å². The minimum atomic E-state index is -0.942. The van der Waals surface area contributed by atoms with E-state index in [2.05, 4.69) is 5.32 Å². The van der Waals surface area contributed by atoms with Gasteiger partial charge in [-0.25, -0.2) is 4.79 Å². The molecule has 0 spiro atoms. The number of hydrogen-bond donors (Lipinski definition) is 1. The third-order valence-corrected chi connectivity index (χ3v) is 3.86. The first kappa shape index (κ1) is 18.2. The fourth-order valence-corrected chi connectivity index (χ4v) is 2.50. The molecule has 0 bridgehead atoms. The van der Waals surface area contributed by atoms with Crippen molar-refractivity contribution in [1.82, 2.24) is 0 Å². The second-order valence-corrected chi connectivity index (χ2v) is 5.83. The third-order valence-electron chi connectivity index (χ3n) is 3.86.